The molecule has 40 heavy (non-hydrogen) atoms. The normalized spacial score (nSPS) is 17.6. The van der Waals surface area contributed by atoms with Crippen molar-refractivity contribution in [3.8, 4) is 11.1 Å². The number of benzene rings is 2. The van der Waals surface area contributed by atoms with Crippen LogP contribution in [0.2, 0.25) is 0 Å². The summed E-state index contributed by atoms with van der Waals surface area (Å²) in [6.45, 7) is 2.76. The molecule has 2 aromatic carbocycles. The maximum absolute atomic E-state index is 13.3. The first-order chi connectivity index (χ1) is 19.2. The topological polar surface area (TPSA) is 147 Å². The standard InChI is InChI=1S/C29H31N5O5S/c1-18-11-20(7-8-23(18)19-5-3-2-4-6-19)27(36)33-15-25(35)34-17-29(38-9-10-39-29)13-24(34)28(37)32-14-22-12-21(16-40-22)26(30)31/h2-8,11-12,16,24H,9-10,13-15,17H2,1H3,(H3,30,31)(H,32,37)(H,33,36). The van der Waals surface area contributed by atoms with Gasteiger partial charge in [-0.25, -0.2) is 0 Å². The number of hydrogen-bond donors (Lipinski definition) is 4. The lowest BCUT2D eigenvalue weighted by atomic mass is 9.98. The molecule has 1 aromatic heterocycles. The minimum absolute atomic E-state index is 0.0387. The smallest absolute Gasteiger partial charge is 0.251 e. The van der Waals surface area contributed by atoms with E-state index in [1.54, 1.807) is 23.6 Å². The Labute approximate surface area is 236 Å². The molecule has 1 unspecified atom stereocenters. The van der Waals surface area contributed by atoms with E-state index in [4.69, 9.17) is 20.6 Å². The van der Waals surface area contributed by atoms with Gasteiger partial charge in [0.25, 0.3) is 5.91 Å². The first-order valence-corrected chi connectivity index (χ1v) is 13.8. The number of rotatable bonds is 8. The lowest BCUT2D eigenvalue weighted by Gasteiger charge is -2.24. The fourth-order valence-electron chi connectivity index (χ4n) is 5.05. The van der Waals surface area contributed by atoms with Crippen LogP contribution in [0.1, 0.15) is 32.8 Å². The van der Waals surface area contributed by atoms with E-state index in [2.05, 4.69) is 10.6 Å². The summed E-state index contributed by atoms with van der Waals surface area (Å²) in [6, 6.07) is 16.3. The number of aryl methyl sites for hydroxylation is 1. The summed E-state index contributed by atoms with van der Waals surface area (Å²) >= 11 is 1.39. The highest BCUT2D eigenvalue weighted by molar-refractivity contribution is 7.10. The van der Waals surface area contributed by atoms with Crippen LogP contribution in [-0.4, -0.2) is 66.6 Å². The largest absolute Gasteiger partial charge is 0.384 e. The number of nitrogens with zero attached hydrogens (tertiary/aromatic N) is 1. The third-order valence-corrected chi connectivity index (χ3v) is 8.04. The van der Waals surface area contributed by atoms with Crippen LogP contribution in [-0.2, 0) is 25.6 Å². The number of likely N-dealkylation sites (tertiary alicyclic amines) is 1. The Morgan fingerprint density at radius 1 is 1.07 bits per heavy atom. The van der Waals surface area contributed by atoms with Crippen molar-refractivity contribution < 1.29 is 23.9 Å². The van der Waals surface area contributed by atoms with Crippen molar-refractivity contribution in [2.24, 2.45) is 5.73 Å². The van der Waals surface area contributed by atoms with Gasteiger partial charge in [0.2, 0.25) is 11.8 Å². The number of amides is 3. The summed E-state index contributed by atoms with van der Waals surface area (Å²) in [6.07, 6.45) is 0.196. The van der Waals surface area contributed by atoms with Crippen LogP contribution in [0.4, 0.5) is 0 Å². The zero-order valence-corrected chi connectivity index (χ0v) is 22.9. The van der Waals surface area contributed by atoms with E-state index in [0.717, 1.165) is 21.6 Å². The van der Waals surface area contributed by atoms with Gasteiger partial charge in [0.15, 0.2) is 5.79 Å². The summed E-state index contributed by atoms with van der Waals surface area (Å²) in [5.74, 6) is -2.20. The molecule has 3 aromatic rings. The second-order valence-corrected chi connectivity index (χ2v) is 10.9. The highest BCUT2D eigenvalue weighted by Gasteiger charge is 2.52. The molecule has 3 heterocycles. The summed E-state index contributed by atoms with van der Waals surface area (Å²) in [5.41, 5.74) is 9.60. The van der Waals surface area contributed by atoms with Crippen molar-refractivity contribution in [1.29, 1.82) is 5.41 Å². The molecule has 5 rings (SSSR count). The minimum Gasteiger partial charge on any atom is -0.384 e. The molecule has 2 aliphatic heterocycles. The zero-order valence-electron chi connectivity index (χ0n) is 22.1. The number of amidine groups is 1. The Bertz CT molecular complexity index is 1430. The van der Waals surface area contributed by atoms with E-state index in [0.29, 0.717) is 24.3 Å². The summed E-state index contributed by atoms with van der Waals surface area (Å²) in [7, 11) is 0. The summed E-state index contributed by atoms with van der Waals surface area (Å²) < 4.78 is 11.6. The number of carbonyl (C=O) groups is 3. The Kier molecular flexibility index (Phi) is 7.97. The summed E-state index contributed by atoms with van der Waals surface area (Å²) in [4.78, 5) is 41.6. The minimum atomic E-state index is -1.03. The lowest BCUT2D eigenvalue weighted by molar-refractivity contribution is -0.152. The first-order valence-electron chi connectivity index (χ1n) is 13.0. The Hall–Kier alpha value is -4.06. The van der Waals surface area contributed by atoms with Gasteiger partial charge in [0.05, 0.1) is 32.8 Å². The van der Waals surface area contributed by atoms with E-state index in [1.807, 2.05) is 43.3 Å². The first kappa shape index (κ1) is 27.5. The van der Waals surface area contributed by atoms with Gasteiger partial charge in [0.1, 0.15) is 11.9 Å². The monoisotopic (exact) mass is 561 g/mol. The molecule has 2 saturated heterocycles. The summed E-state index contributed by atoms with van der Waals surface area (Å²) in [5, 5.41) is 14.9. The quantitative estimate of drug-likeness (QED) is 0.245. The van der Waals surface area contributed by atoms with E-state index in [9.17, 15) is 14.4 Å². The van der Waals surface area contributed by atoms with Crippen LogP contribution in [0.5, 0.6) is 0 Å². The maximum Gasteiger partial charge on any atom is 0.251 e. The molecular formula is C29H31N5O5S. The zero-order chi connectivity index (χ0) is 28.3. The van der Waals surface area contributed by atoms with Gasteiger partial charge in [-0.15, -0.1) is 11.3 Å². The van der Waals surface area contributed by atoms with E-state index in [1.165, 1.54) is 16.2 Å². The highest BCUT2D eigenvalue weighted by Crippen LogP contribution is 2.35. The molecular weight excluding hydrogens is 530 g/mol. The lowest BCUT2D eigenvalue weighted by Crippen LogP contribution is -2.49. The molecule has 208 valence electrons. The van der Waals surface area contributed by atoms with Crippen molar-refractivity contribution in [3.05, 3.63) is 81.5 Å². The molecule has 10 nitrogen and oxygen atoms in total. The number of ether oxygens (including phenoxy) is 2. The fourth-order valence-corrected chi connectivity index (χ4v) is 5.88. The average molecular weight is 562 g/mol. The van der Waals surface area contributed by atoms with Crippen LogP contribution in [0.3, 0.4) is 0 Å². The van der Waals surface area contributed by atoms with E-state index >= 15 is 0 Å². The number of thiophene rings is 1. The van der Waals surface area contributed by atoms with Gasteiger partial charge in [0, 0.05) is 27.8 Å². The van der Waals surface area contributed by atoms with Crippen LogP contribution in [0, 0.1) is 12.3 Å². The molecule has 11 heteroatoms. The van der Waals surface area contributed by atoms with E-state index < -0.39 is 17.7 Å². The Balaban J connectivity index is 1.22. The fraction of sp³-hybridized carbons (Fsp3) is 0.310. The average Bonchev–Trinajstić information content (AvgIpc) is 3.71. The SMILES string of the molecule is Cc1cc(C(=O)NCC(=O)N2CC3(CC2C(=O)NCc2cc(C(=N)N)cs2)OCCO3)ccc1-c1ccccc1. The van der Waals surface area contributed by atoms with Crippen molar-refractivity contribution in [3.63, 3.8) is 0 Å². The molecule has 3 amide bonds. The van der Waals surface area contributed by atoms with Gasteiger partial charge < -0.3 is 30.7 Å². The van der Waals surface area contributed by atoms with Crippen molar-refractivity contribution in [1.82, 2.24) is 15.5 Å². The molecule has 1 spiro atoms. The highest BCUT2D eigenvalue weighted by atomic mass is 32.1. The number of nitrogens with one attached hydrogen (secondary N) is 3. The third kappa shape index (κ3) is 5.91. The van der Waals surface area contributed by atoms with E-state index in [-0.39, 0.29) is 43.7 Å². The third-order valence-electron chi connectivity index (χ3n) is 7.10. The maximum atomic E-state index is 13.3. The van der Waals surface area contributed by atoms with Crippen molar-refractivity contribution in [2.75, 3.05) is 26.3 Å². The van der Waals surface area contributed by atoms with Crippen LogP contribution in [0.15, 0.2) is 60.0 Å². The number of nitrogens with two attached hydrogens (primary N) is 1. The van der Waals surface area contributed by atoms with Crippen LogP contribution >= 0.6 is 11.3 Å². The number of nitrogen functional groups attached to an aromatic ring is 1. The number of hydrogen-bond acceptors (Lipinski definition) is 7. The van der Waals surface area contributed by atoms with Crippen LogP contribution < -0.4 is 16.4 Å². The second kappa shape index (κ2) is 11.6. The molecule has 0 aliphatic carbocycles. The molecule has 2 fully saturated rings. The molecule has 0 bridgehead atoms. The predicted octanol–water partition coefficient (Wildman–Crippen LogP) is 2.40. The molecule has 5 N–H and O–H groups in total. The Morgan fingerprint density at radius 2 is 1.82 bits per heavy atom. The van der Waals surface area contributed by atoms with Crippen LogP contribution in [0.25, 0.3) is 11.1 Å². The Morgan fingerprint density at radius 3 is 2.50 bits per heavy atom. The van der Waals surface area contributed by atoms with Gasteiger partial charge in [-0.1, -0.05) is 36.4 Å². The number of carbonyl (C=O) groups excluding carboxylic acids is 3. The molecule has 2 aliphatic rings. The molecule has 0 radical (unpaired) electrons. The van der Waals surface area contributed by atoms with Crippen molar-refractivity contribution >= 4 is 34.9 Å². The van der Waals surface area contributed by atoms with Gasteiger partial charge in [-0.05, 0) is 41.8 Å². The van der Waals surface area contributed by atoms with Gasteiger partial charge in [-0.3, -0.25) is 19.8 Å². The molecule has 0 saturated carbocycles. The second-order valence-electron chi connectivity index (χ2n) is 9.86. The van der Waals surface area contributed by atoms with Gasteiger partial charge >= 0.3 is 0 Å². The van der Waals surface area contributed by atoms with Gasteiger partial charge in [-0.2, -0.15) is 0 Å². The predicted molar refractivity (Wildman–Crippen MR) is 151 cm³/mol. The molecule has 1 atom stereocenters. The van der Waals surface area contributed by atoms with Crippen molar-refractivity contribution in [2.45, 2.75) is 31.7 Å².